The largest absolute Gasteiger partial charge is 0.457 e. The zero-order valence-electron chi connectivity index (χ0n) is 17.4. The number of aromatic nitrogens is 3. The van der Waals surface area contributed by atoms with Crippen LogP contribution in [0.1, 0.15) is 16.1 Å². The standard InChI is InChI=1S/C24H19N7O2/c25-10-8-15-4-6-16(7-5-15)20-14-22(31-24(27)30-20)29-17-2-1-3-18(12-17)33-19-9-11-28-21(13-19)23(26)32/h1-7,9,11-14H,8H2,(H2,26,32)(H3,27,29,30,31). The molecule has 0 atom stereocenters. The quantitative estimate of drug-likeness (QED) is 0.394. The molecule has 9 heteroatoms. The average molecular weight is 437 g/mol. The van der Waals surface area contributed by atoms with Crippen molar-refractivity contribution in [2.75, 3.05) is 11.1 Å². The van der Waals surface area contributed by atoms with Crippen LogP contribution in [0.25, 0.3) is 11.3 Å². The number of nitrogens with one attached hydrogen (secondary N) is 1. The number of hydrogen-bond donors (Lipinski definition) is 3. The molecule has 4 aromatic rings. The van der Waals surface area contributed by atoms with Crippen molar-refractivity contribution in [2.45, 2.75) is 6.42 Å². The molecule has 0 aliphatic rings. The van der Waals surface area contributed by atoms with E-state index in [4.69, 9.17) is 21.5 Å². The molecule has 5 N–H and O–H groups in total. The summed E-state index contributed by atoms with van der Waals surface area (Å²) in [5.41, 5.74) is 14.5. The molecule has 0 bridgehead atoms. The van der Waals surface area contributed by atoms with E-state index in [1.165, 1.54) is 12.3 Å². The Labute approximate surface area is 189 Å². The first-order valence-corrected chi connectivity index (χ1v) is 9.92. The van der Waals surface area contributed by atoms with Crippen LogP contribution in [0.15, 0.2) is 72.9 Å². The fraction of sp³-hybridized carbons (Fsp3) is 0.0417. The summed E-state index contributed by atoms with van der Waals surface area (Å²) in [4.78, 5) is 23.8. The van der Waals surface area contributed by atoms with E-state index < -0.39 is 5.91 Å². The van der Waals surface area contributed by atoms with Gasteiger partial charge in [0.15, 0.2) is 0 Å². The number of rotatable bonds is 7. The number of nitrogens with two attached hydrogens (primary N) is 2. The lowest BCUT2D eigenvalue weighted by Crippen LogP contribution is -2.12. The fourth-order valence-electron chi connectivity index (χ4n) is 3.09. The number of carbonyl (C=O) groups is 1. The maximum atomic E-state index is 11.3. The predicted molar refractivity (Wildman–Crippen MR) is 124 cm³/mol. The van der Waals surface area contributed by atoms with E-state index in [1.54, 1.807) is 24.3 Å². The molecule has 2 aromatic carbocycles. The lowest BCUT2D eigenvalue weighted by atomic mass is 10.1. The summed E-state index contributed by atoms with van der Waals surface area (Å²) in [6.45, 7) is 0. The highest BCUT2D eigenvalue weighted by Crippen LogP contribution is 2.27. The Balaban J connectivity index is 1.54. The Hall–Kier alpha value is -4.97. The summed E-state index contributed by atoms with van der Waals surface area (Å²) in [7, 11) is 0. The number of primary amides is 1. The van der Waals surface area contributed by atoms with Crippen LogP contribution in [0.5, 0.6) is 11.5 Å². The molecule has 0 spiro atoms. The van der Waals surface area contributed by atoms with Crippen LogP contribution in [-0.2, 0) is 6.42 Å². The van der Waals surface area contributed by atoms with Crippen molar-refractivity contribution in [3.8, 4) is 28.8 Å². The van der Waals surface area contributed by atoms with Gasteiger partial charge in [0.05, 0.1) is 18.2 Å². The van der Waals surface area contributed by atoms with Crippen LogP contribution in [0.4, 0.5) is 17.5 Å². The number of pyridine rings is 1. The van der Waals surface area contributed by atoms with E-state index in [1.807, 2.05) is 36.4 Å². The lowest BCUT2D eigenvalue weighted by molar-refractivity contribution is 0.0995. The first-order chi connectivity index (χ1) is 16.0. The molecule has 0 saturated heterocycles. The Morgan fingerprint density at radius 2 is 1.82 bits per heavy atom. The highest BCUT2D eigenvalue weighted by molar-refractivity contribution is 5.91. The van der Waals surface area contributed by atoms with Crippen molar-refractivity contribution in [1.82, 2.24) is 15.0 Å². The maximum Gasteiger partial charge on any atom is 0.267 e. The van der Waals surface area contributed by atoms with Gasteiger partial charge < -0.3 is 21.5 Å². The van der Waals surface area contributed by atoms with Crippen LogP contribution in [-0.4, -0.2) is 20.9 Å². The number of hydrogen-bond acceptors (Lipinski definition) is 8. The minimum Gasteiger partial charge on any atom is -0.457 e. The molecule has 2 heterocycles. The van der Waals surface area contributed by atoms with Gasteiger partial charge in [-0.15, -0.1) is 0 Å². The number of carbonyl (C=O) groups excluding carboxylic acids is 1. The zero-order valence-corrected chi connectivity index (χ0v) is 17.4. The topological polar surface area (TPSA) is 153 Å². The van der Waals surface area contributed by atoms with Crippen molar-refractivity contribution in [1.29, 1.82) is 5.26 Å². The van der Waals surface area contributed by atoms with Crippen LogP contribution < -0.4 is 21.5 Å². The number of anilines is 3. The summed E-state index contributed by atoms with van der Waals surface area (Å²) in [5, 5.41) is 12.0. The third-order valence-corrected chi connectivity index (χ3v) is 4.60. The van der Waals surface area contributed by atoms with Crippen molar-refractivity contribution in [3.63, 3.8) is 0 Å². The lowest BCUT2D eigenvalue weighted by Gasteiger charge is -2.11. The van der Waals surface area contributed by atoms with Crippen molar-refractivity contribution < 1.29 is 9.53 Å². The maximum absolute atomic E-state index is 11.3. The normalized spacial score (nSPS) is 10.3. The average Bonchev–Trinajstić information content (AvgIpc) is 2.80. The molecule has 162 valence electrons. The van der Waals surface area contributed by atoms with E-state index in [-0.39, 0.29) is 11.6 Å². The second-order valence-electron chi connectivity index (χ2n) is 7.02. The Morgan fingerprint density at radius 1 is 1.03 bits per heavy atom. The summed E-state index contributed by atoms with van der Waals surface area (Å²) in [5.74, 6) is 0.976. The van der Waals surface area contributed by atoms with Gasteiger partial charge in [0, 0.05) is 35.6 Å². The van der Waals surface area contributed by atoms with E-state index in [2.05, 4.69) is 26.3 Å². The summed E-state index contributed by atoms with van der Waals surface area (Å²) >= 11 is 0. The highest BCUT2D eigenvalue weighted by Gasteiger charge is 2.08. The Kier molecular flexibility index (Phi) is 6.09. The number of nitrogens with zero attached hydrogens (tertiary/aromatic N) is 4. The molecule has 2 aromatic heterocycles. The molecular formula is C24H19N7O2. The summed E-state index contributed by atoms with van der Waals surface area (Å²) < 4.78 is 5.83. The SMILES string of the molecule is N#CCc1ccc(-c2cc(Nc3cccc(Oc4ccnc(C(N)=O)c4)c3)nc(N)n2)cc1. The molecule has 0 aliphatic carbocycles. The predicted octanol–water partition coefficient (Wildman–Crippen LogP) is 3.82. The van der Waals surface area contributed by atoms with Gasteiger partial charge >= 0.3 is 0 Å². The van der Waals surface area contributed by atoms with Crippen LogP contribution in [0.3, 0.4) is 0 Å². The van der Waals surface area contributed by atoms with Gasteiger partial charge in [-0.25, -0.2) is 4.98 Å². The summed E-state index contributed by atoms with van der Waals surface area (Å²) in [6.07, 6.45) is 1.80. The van der Waals surface area contributed by atoms with Gasteiger partial charge in [0.1, 0.15) is 23.0 Å². The van der Waals surface area contributed by atoms with Gasteiger partial charge in [-0.1, -0.05) is 30.3 Å². The summed E-state index contributed by atoms with van der Waals surface area (Å²) in [6, 6.07) is 21.8. The number of amides is 1. The zero-order chi connectivity index (χ0) is 23.2. The van der Waals surface area contributed by atoms with Crippen LogP contribution in [0, 0.1) is 11.3 Å². The van der Waals surface area contributed by atoms with Gasteiger partial charge in [0.2, 0.25) is 5.95 Å². The first-order valence-electron chi connectivity index (χ1n) is 9.92. The van der Waals surface area contributed by atoms with E-state index in [9.17, 15) is 4.79 Å². The molecule has 4 rings (SSSR count). The molecule has 0 aliphatic heterocycles. The van der Waals surface area contributed by atoms with Gasteiger partial charge in [-0.3, -0.25) is 9.78 Å². The Morgan fingerprint density at radius 3 is 2.58 bits per heavy atom. The van der Waals surface area contributed by atoms with E-state index in [0.29, 0.717) is 35.1 Å². The van der Waals surface area contributed by atoms with Crippen molar-refractivity contribution >= 4 is 23.4 Å². The van der Waals surface area contributed by atoms with Crippen molar-refractivity contribution in [2.24, 2.45) is 5.73 Å². The minimum absolute atomic E-state index is 0.117. The van der Waals surface area contributed by atoms with E-state index >= 15 is 0 Å². The fourth-order valence-corrected chi connectivity index (χ4v) is 3.09. The second-order valence-corrected chi connectivity index (χ2v) is 7.02. The van der Waals surface area contributed by atoms with Crippen LogP contribution >= 0.6 is 0 Å². The molecule has 33 heavy (non-hydrogen) atoms. The third-order valence-electron chi connectivity index (χ3n) is 4.60. The molecule has 0 radical (unpaired) electrons. The Bertz CT molecular complexity index is 1350. The molecule has 0 fully saturated rings. The third kappa shape index (κ3) is 5.39. The van der Waals surface area contributed by atoms with Crippen LogP contribution in [0.2, 0.25) is 0 Å². The van der Waals surface area contributed by atoms with Crippen molar-refractivity contribution in [3.05, 3.63) is 84.2 Å². The molecule has 0 unspecified atom stereocenters. The van der Waals surface area contributed by atoms with Gasteiger partial charge in [-0.05, 0) is 23.8 Å². The number of benzene rings is 2. The number of nitriles is 1. The second kappa shape index (κ2) is 9.45. The van der Waals surface area contributed by atoms with E-state index in [0.717, 1.165) is 11.1 Å². The number of nitrogen functional groups attached to an aromatic ring is 1. The minimum atomic E-state index is -0.632. The first kappa shape index (κ1) is 21.3. The monoisotopic (exact) mass is 437 g/mol. The highest BCUT2D eigenvalue weighted by atomic mass is 16.5. The smallest absolute Gasteiger partial charge is 0.267 e. The number of ether oxygens (including phenoxy) is 1. The van der Waals surface area contributed by atoms with Gasteiger partial charge in [-0.2, -0.15) is 10.2 Å². The van der Waals surface area contributed by atoms with Gasteiger partial charge in [0.25, 0.3) is 5.91 Å². The molecular weight excluding hydrogens is 418 g/mol. The molecule has 1 amide bonds. The molecule has 9 nitrogen and oxygen atoms in total. The molecule has 0 saturated carbocycles.